The van der Waals surface area contributed by atoms with E-state index in [9.17, 15) is 9.59 Å². The fourth-order valence-electron chi connectivity index (χ4n) is 3.71. The molecule has 0 aliphatic heterocycles. The molecule has 0 radical (unpaired) electrons. The van der Waals surface area contributed by atoms with E-state index in [1.165, 1.54) is 39.9 Å². The summed E-state index contributed by atoms with van der Waals surface area (Å²) in [6.45, 7) is 1.89. The van der Waals surface area contributed by atoms with Crippen LogP contribution in [0, 0.1) is 6.92 Å². The number of hydrogen-bond acceptors (Lipinski definition) is 4. The zero-order valence-electron chi connectivity index (χ0n) is 14.6. The van der Waals surface area contributed by atoms with Crippen molar-refractivity contribution in [3.63, 3.8) is 0 Å². The number of thiophene rings is 1. The smallest absolute Gasteiger partial charge is 0.305 e. The maximum absolute atomic E-state index is 13.0. The zero-order valence-corrected chi connectivity index (χ0v) is 15.4. The van der Waals surface area contributed by atoms with E-state index >= 15 is 0 Å². The van der Waals surface area contributed by atoms with Gasteiger partial charge in [-0.3, -0.25) is 14.2 Å². The Labute approximate surface area is 154 Å². The molecule has 2 heterocycles. The molecule has 0 atom stereocenters. The van der Waals surface area contributed by atoms with Crippen LogP contribution in [0.4, 0.5) is 0 Å². The molecule has 5 nitrogen and oxygen atoms in total. The largest absolute Gasteiger partial charge is 0.481 e. The highest BCUT2D eigenvalue weighted by Gasteiger charge is 2.17. The van der Waals surface area contributed by atoms with Gasteiger partial charge < -0.3 is 5.11 Å². The third-order valence-electron chi connectivity index (χ3n) is 5.09. The van der Waals surface area contributed by atoms with Gasteiger partial charge in [0.2, 0.25) is 0 Å². The number of aryl methyl sites for hydroxylation is 3. The minimum Gasteiger partial charge on any atom is -0.481 e. The standard InChI is InChI=1S/C20H20N2O3S/c1-12-21-19-18(20(25)22(12)9-8-17(23)24)16(11-26-19)15-7-6-13-4-2-3-5-14(13)10-15/h6-7,10-11H,2-5,8-9H2,1H3,(H,23,24). The van der Waals surface area contributed by atoms with Gasteiger partial charge in [0, 0.05) is 17.5 Å². The van der Waals surface area contributed by atoms with Crippen molar-refractivity contribution < 1.29 is 9.90 Å². The van der Waals surface area contributed by atoms with Crippen LogP contribution < -0.4 is 5.56 Å². The zero-order chi connectivity index (χ0) is 18.3. The molecule has 4 rings (SSSR count). The molecule has 1 N–H and O–H groups in total. The van der Waals surface area contributed by atoms with Gasteiger partial charge in [0.1, 0.15) is 10.7 Å². The molecule has 2 aromatic heterocycles. The predicted molar refractivity (Wildman–Crippen MR) is 103 cm³/mol. The lowest BCUT2D eigenvalue weighted by Crippen LogP contribution is -2.24. The molecule has 134 valence electrons. The van der Waals surface area contributed by atoms with Crippen molar-refractivity contribution in [2.45, 2.75) is 45.6 Å². The first-order chi connectivity index (χ1) is 12.5. The second kappa shape index (κ2) is 6.68. The van der Waals surface area contributed by atoms with E-state index in [0.717, 1.165) is 24.0 Å². The van der Waals surface area contributed by atoms with Crippen molar-refractivity contribution in [3.8, 4) is 11.1 Å². The Morgan fingerprint density at radius 1 is 1.27 bits per heavy atom. The highest BCUT2D eigenvalue weighted by atomic mass is 32.1. The minimum atomic E-state index is -0.920. The first kappa shape index (κ1) is 17.0. The molecule has 3 aromatic rings. The number of rotatable bonds is 4. The van der Waals surface area contributed by atoms with Crippen LogP contribution in [-0.2, 0) is 24.2 Å². The number of nitrogens with zero attached hydrogens (tertiary/aromatic N) is 2. The van der Waals surface area contributed by atoms with E-state index in [2.05, 4.69) is 23.2 Å². The molecule has 0 saturated carbocycles. The monoisotopic (exact) mass is 368 g/mol. The van der Waals surface area contributed by atoms with Crippen molar-refractivity contribution in [1.82, 2.24) is 9.55 Å². The predicted octanol–water partition coefficient (Wildman–Crippen LogP) is 3.79. The molecule has 6 heteroatoms. The van der Waals surface area contributed by atoms with Gasteiger partial charge in [-0.15, -0.1) is 11.3 Å². The highest BCUT2D eigenvalue weighted by Crippen LogP contribution is 2.33. The topological polar surface area (TPSA) is 72.2 Å². The minimum absolute atomic E-state index is 0.0910. The quantitative estimate of drug-likeness (QED) is 0.760. The van der Waals surface area contributed by atoms with Crippen LogP contribution in [0.5, 0.6) is 0 Å². The number of carboxylic acids is 1. The molecule has 0 amide bonds. The average Bonchev–Trinajstić information content (AvgIpc) is 3.04. The summed E-state index contributed by atoms with van der Waals surface area (Å²) in [6.07, 6.45) is 4.58. The van der Waals surface area contributed by atoms with Gasteiger partial charge in [-0.2, -0.15) is 0 Å². The van der Waals surface area contributed by atoms with Gasteiger partial charge in [-0.1, -0.05) is 18.2 Å². The second-order valence-corrected chi connectivity index (χ2v) is 7.64. The maximum atomic E-state index is 13.0. The van der Waals surface area contributed by atoms with Gasteiger partial charge in [0.15, 0.2) is 0 Å². The van der Waals surface area contributed by atoms with Crippen molar-refractivity contribution in [3.05, 3.63) is 50.9 Å². The second-order valence-electron chi connectivity index (χ2n) is 6.78. The van der Waals surface area contributed by atoms with E-state index in [4.69, 9.17) is 5.11 Å². The summed E-state index contributed by atoms with van der Waals surface area (Å²) in [7, 11) is 0. The lowest BCUT2D eigenvalue weighted by atomic mass is 9.89. The van der Waals surface area contributed by atoms with Gasteiger partial charge in [-0.25, -0.2) is 4.98 Å². The van der Waals surface area contributed by atoms with Gasteiger partial charge >= 0.3 is 5.97 Å². The number of aromatic nitrogens is 2. The van der Waals surface area contributed by atoms with E-state index < -0.39 is 5.97 Å². The summed E-state index contributed by atoms with van der Waals surface area (Å²) in [6, 6.07) is 6.47. The van der Waals surface area contributed by atoms with Crippen molar-refractivity contribution in [2.24, 2.45) is 0 Å². The van der Waals surface area contributed by atoms with E-state index in [1.807, 2.05) is 5.38 Å². The Balaban J connectivity index is 1.85. The number of carbonyl (C=O) groups is 1. The molecule has 0 spiro atoms. The van der Waals surface area contributed by atoms with Crippen LogP contribution in [0.2, 0.25) is 0 Å². The van der Waals surface area contributed by atoms with Crippen molar-refractivity contribution in [1.29, 1.82) is 0 Å². The maximum Gasteiger partial charge on any atom is 0.305 e. The molecular formula is C20H20N2O3S. The van der Waals surface area contributed by atoms with Crippen LogP contribution in [0.1, 0.15) is 36.2 Å². The Kier molecular flexibility index (Phi) is 4.36. The number of carboxylic acid groups (broad SMARTS) is 1. The molecule has 1 aromatic carbocycles. The Hall–Kier alpha value is -2.47. The lowest BCUT2D eigenvalue weighted by Gasteiger charge is -2.16. The number of benzene rings is 1. The third kappa shape index (κ3) is 2.94. The Morgan fingerprint density at radius 2 is 2.04 bits per heavy atom. The molecule has 0 saturated heterocycles. The highest BCUT2D eigenvalue weighted by molar-refractivity contribution is 7.17. The van der Waals surface area contributed by atoms with Crippen LogP contribution in [-0.4, -0.2) is 20.6 Å². The Bertz CT molecular complexity index is 1060. The van der Waals surface area contributed by atoms with Crippen LogP contribution >= 0.6 is 11.3 Å². The van der Waals surface area contributed by atoms with Crippen LogP contribution in [0.3, 0.4) is 0 Å². The number of aliphatic carboxylic acids is 1. The van der Waals surface area contributed by atoms with E-state index in [1.54, 1.807) is 6.92 Å². The average molecular weight is 368 g/mol. The summed E-state index contributed by atoms with van der Waals surface area (Å²) in [5.74, 6) is -0.362. The molecule has 1 aliphatic rings. The van der Waals surface area contributed by atoms with Gasteiger partial charge in [-0.05, 0) is 49.3 Å². The summed E-state index contributed by atoms with van der Waals surface area (Å²) < 4.78 is 1.48. The lowest BCUT2D eigenvalue weighted by molar-refractivity contribution is -0.137. The van der Waals surface area contributed by atoms with Crippen LogP contribution in [0.25, 0.3) is 21.3 Å². The van der Waals surface area contributed by atoms with Crippen LogP contribution in [0.15, 0.2) is 28.4 Å². The SMILES string of the molecule is Cc1nc2scc(-c3ccc4c(c3)CCCC4)c2c(=O)n1CCC(=O)O. The fourth-order valence-corrected chi connectivity index (χ4v) is 4.69. The Morgan fingerprint density at radius 3 is 2.81 bits per heavy atom. The summed E-state index contributed by atoms with van der Waals surface area (Å²) in [5, 5.41) is 11.5. The molecule has 0 fully saturated rings. The molecule has 1 aliphatic carbocycles. The van der Waals surface area contributed by atoms with Crippen molar-refractivity contribution in [2.75, 3.05) is 0 Å². The molecule has 0 bridgehead atoms. The first-order valence-electron chi connectivity index (χ1n) is 8.87. The summed E-state index contributed by atoms with van der Waals surface area (Å²) >= 11 is 1.47. The summed E-state index contributed by atoms with van der Waals surface area (Å²) in [4.78, 5) is 29.2. The molecule has 0 unspecified atom stereocenters. The normalized spacial score (nSPS) is 13.7. The number of fused-ring (bicyclic) bond motifs is 2. The van der Waals surface area contributed by atoms with Crippen molar-refractivity contribution >= 4 is 27.5 Å². The number of hydrogen-bond donors (Lipinski definition) is 1. The van der Waals surface area contributed by atoms with Gasteiger partial charge in [0.05, 0.1) is 11.8 Å². The first-order valence-corrected chi connectivity index (χ1v) is 9.75. The summed E-state index contributed by atoms with van der Waals surface area (Å²) in [5.41, 5.74) is 4.58. The van der Waals surface area contributed by atoms with E-state index in [-0.39, 0.29) is 18.5 Å². The molecular weight excluding hydrogens is 348 g/mol. The molecule has 26 heavy (non-hydrogen) atoms. The van der Waals surface area contributed by atoms with E-state index in [0.29, 0.717) is 16.0 Å². The third-order valence-corrected chi connectivity index (χ3v) is 5.97. The van der Waals surface area contributed by atoms with Gasteiger partial charge in [0.25, 0.3) is 5.56 Å². The fraction of sp³-hybridized carbons (Fsp3) is 0.350.